The van der Waals surface area contributed by atoms with Crippen molar-refractivity contribution in [2.45, 2.75) is 17.2 Å². The first-order valence-corrected chi connectivity index (χ1v) is 8.81. The fraction of sp³-hybridized carbons (Fsp3) is 0.333. The van der Waals surface area contributed by atoms with Gasteiger partial charge in [-0.15, -0.1) is 0 Å². The SMILES string of the molecule is O=S(=O)(c1cccc2nsnc12)N1CC[C@@H](c2ncon2)C1. The van der Waals surface area contributed by atoms with Gasteiger partial charge in [0.25, 0.3) is 0 Å². The van der Waals surface area contributed by atoms with Crippen LogP contribution in [0, 0.1) is 0 Å². The number of benzene rings is 1. The number of rotatable bonds is 3. The zero-order chi connectivity index (χ0) is 15.2. The normalized spacial score (nSPS) is 19.9. The molecule has 0 saturated carbocycles. The van der Waals surface area contributed by atoms with Gasteiger partial charge in [-0.2, -0.15) is 18.0 Å². The van der Waals surface area contributed by atoms with E-state index in [2.05, 4.69) is 18.9 Å². The molecule has 114 valence electrons. The molecule has 3 aromatic rings. The molecule has 0 unspecified atom stereocenters. The first-order chi connectivity index (χ1) is 10.7. The third kappa shape index (κ3) is 2.11. The second-order valence-electron chi connectivity index (χ2n) is 5.03. The number of fused-ring (bicyclic) bond motifs is 1. The third-order valence-electron chi connectivity index (χ3n) is 3.76. The van der Waals surface area contributed by atoms with Gasteiger partial charge < -0.3 is 4.52 Å². The summed E-state index contributed by atoms with van der Waals surface area (Å²) in [6.45, 7) is 0.769. The van der Waals surface area contributed by atoms with Crippen LogP contribution in [0.3, 0.4) is 0 Å². The third-order valence-corrected chi connectivity index (χ3v) is 6.20. The van der Waals surface area contributed by atoms with Crippen LogP contribution in [0.25, 0.3) is 11.0 Å². The van der Waals surface area contributed by atoms with Gasteiger partial charge in [0.05, 0.1) is 11.7 Å². The Kier molecular flexibility index (Phi) is 3.17. The lowest BCUT2D eigenvalue weighted by Crippen LogP contribution is -2.29. The van der Waals surface area contributed by atoms with E-state index >= 15 is 0 Å². The average molecular weight is 337 g/mol. The second-order valence-corrected chi connectivity index (χ2v) is 7.46. The highest BCUT2D eigenvalue weighted by Gasteiger charge is 2.36. The van der Waals surface area contributed by atoms with Gasteiger partial charge in [-0.1, -0.05) is 11.2 Å². The van der Waals surface area contributed by atoms with E-state index in [0.29, 0.717) is 36.4 Å². The Hall–Kier alpha value is -1.91. The van der Waals surface area contributed by atoms with E-state index in [1.54, 1.807) is 18.2 Å². The largest absolute Gasteiger partial charge is 0.343 e. The van der Waals surface area contributed by atoms with E-state index in [0.717, 1.165) is 11.7 Å². The van der Waals surface area contributed by atoms with Crippen molar-refractivity contribution in [3.8, 4) is 0 Å². The molecular formula is C12H11N5O3S2. The number of hydrogen-bond donors (Lipinski definition) is 0. The molecule has 10 heteroatoms. The number of nitrogens with zero attached hydrogens (tertiary/aromatic N) is 5. The lowest BCUT2D eigenvalue weighted by atomic mass is 10.1. The van der Waals surface area contributed by atoms with Crippen LogP contribution in [0.1, 0.15) is 18.2 Å². The molecule has 3 heterocycles. The second kappa shape index (κ2) is 5.07. The van der Waals surface area contributed by atoms with Crippen molar-refractivity contribution in [2.24, 2.45) is 0 Å². The van der Waals surface area contributed by atoms with Crippen LogP contribution >= 0.6 is 11.7 Å². The minimum atomic E-state index is -3.61. The zero-order valence-corrected chi connectivity index (χ0v) is 12.9. The Morgan fingerprint density at radius 3 is 3.05 bits per heavy atom. The van der Waals surface area contributed by atoms with Gasteiger partial charge in [0.15, 0.2) is 5.82 Å². The predicted octanol–water partition coefficient (Wildman–Crippen LogP) is 1.25. The molecule has 1 aromatic carbocycles. The lowest BCUT2D eigenvalue weighted by molar-refractivity contribution is 0.403. The van der Waals surface area contributed by atoms with E-state index in [-0.39, 0.29) is 10.8 Å². The summed E-state index contributed by atoms with van der Waals surface area (Å²) in [5.41, 5.74) is 1.02. The lowest BCUT2D eigenvalue weighted by Gasteiger charge is -2.16. The first kappa shape index (κ1) is 13.7. The van der Waals surface area contributed by atoms with Crippen LogP contribution in [-0.2, 0) is 10.0 Å². The molecule has 4 rings (SSSR count). The highest BCUT2D eigenvalue weighted by atomic mass is 32.2. The van der Waals surface area contributed by atoms with Crippen LogP contribution in [0.2, 0.25) is 0 Å². The van der Waals surface area contributed by atoms with E-state index < -0.39 is 10.0 Å². The summed E-state index contributed by atoms with van der Waals surface area (Å²) in [7, 11) is -3.61. The minimum absolute atomic E-state index is 0.0405. The van der Waals surface area contributed by atoms with E-state index in [1.807, 2.05) is 0 Å². The van der Waals surface area contributed by atoms with Gasteiger partial charge in [-0.05, 0) is 18.6 Å². The maximum Gasteiger partial charge on any atom is 0.245 e. The van der Waals surface area contributed by atoms with Crippen molar-refractivity contribution >= 4 is 32.8 Å². The maximum atomic E-state index is 12.9. The standard InChI is InChI=1S/C12H11N5O3S2/c18-22(19,10-3-1-2-9-11(10)16-21-15-9)17-5-4-8(6-17)12-13-7-20-14-12/h1-3,7-8H,4-6H2/t8-/m1/s1. The summed E-state index contributed by atoms with van der Waals surface area (Å²) in [5.74, 6) is 0.507. The fourth-order valence-electron chi connectivity index (χ4n) is 2.64. The summed E-state index contributed by atoms with van der Waals surface area (Å²) in [4.78, 5) is 4.21. The smallest absolute Gasteiger partial charge is 0.245 e. The number of sulfonamides is 1. The van der Waals surface area contributed by atoms with Crippen LogP contribution in [0.15, 0.2) is 34.0 Å². The number of hydrogen-bond acceptors (Lipinski definition) is 8. The first-order valence-electron chi connectivity index (χ1n) is 6.64. The molecule has 1 aliphatic heterocycles. The Balaban J connectivity index is 1.69. The monoisotopic (exact) mass is 337 g/mol. The molecular weight excluding hydrogens is 326 g/mol. The van der Waals surface area contributed by atoms with E-state index in [9.17, 15) is 8.42 Å². The van der Waals surface area contributed by atoms with Gasteiger partial charge in [-0.3, -0.25) is 0 Å². The van der Waals surface area contributed by atoms with Gasteiger partial charge >= 0.3 is 0 Å². The van der Waals surface area contributed by atoms with Crippen LogP contribution in [0.4, 0.5) is 0 Å². The van der Waals surface area contributed by atoms with E-state index in [1.165, 1.54) is 10.7 Å². The quantitative estimate of drug-likeness (QED) is 0.708. The van der Waals surface area contributed by atoms with Crippen molar-refractivity contribution in [3.63, 3.8) is 0 Å². The van der Waals surface area contributed by atoms with Crippen molar-refractivity contribution in [2.75, 3.05) is 13.1 Å². The molecule has 1 aliphatic rings. The molecule has 8 nitrogen and oxygen atoms in total. The summed E-state index contributed by atoms with van der Waals surface area (Å²) in [6, 6.07) is 5.01. The summed E-state index contributed by atoms with van der Waals surface area (Å²) in [6.07, 6.45) is 1.93. The van der Waals surface area contributed by atoms with Crippen LogP contribution in [-0.4, -0.2) is 44.7 Å². The van der Waals surface area contributed by atoms with Crippen molar-refractivity contribution in [1.82, 2.24) is 23.2 Å². The minimum Gasteiger partial charge on any atom is -0.343 e. The zero-order valence-electron chi connectivity index (χ0n) is 11.3. The van der Waals surface area contributed by atoms with Gasteiger partial charge in [0.2, 0.25) is 16.4 Å². The van der Waals surface area contributed by atoms with Gasteiger partial charge in [-0.25, -0.2) is 8.42 Å². The molecule has 1 fully saturated rings. The highest BCUT2D eigenvalue weighted by molar-refractivity contribution is 7.89. The average Bonchev–Trinajstić information content (AvgIpc) is 3.25. The highest BCUT2D eigenvalue weighted by Crippen LogP contribution is 2.31. The molecule has 2 aromatic heterocycles. The molecule has 0 radical (unpaired) electrons. The van der Waals surface area contributed by atoms with Crippen molar-refractivity contribution in [3.05, 3.63) is 30.4 Å². The Bertz CT molecular complexity index is 906. The van der Waals surface area contributed by atoms with Crippen molar-refractivity contribution < 1.29 is 12.9 Å². The van der Waals surface area contributed by atoms with Gasteiger partial charge in [0.1, 0.15) is 15.9 Å². The Morgan fingerprint density at radius 2 is 2.23 bits per heavy atom. The fourth-order valence-corrected chi connectivity index (χ4v) is 4.90. The number of aromatic nitrogens is 4. The molecule has 0 spiro atoms. The molecule has 0 bridgehead atoms. The predicted molar refractivity (Wildman–Crippen MR) is 77.8 cm³/mol. The van der Waals surface area contributed by atoms with Crippen molar-refractivity contribution in [1.29, 1.82) is 0 Å². The maximum absolute atomic E-state index is 12.9. The van der Waals surface area contributed by atoms with Gasteiger partial charge in [0, 0.05) is 19.0 Å². The Morgan fingerprint density at radius 1 is 1.32 bits per heavy atom. The molecule has 0 amide bonds. The topological polar surface area (TPSA) is 102 Å². The molecule has 1 atom stereocenters. The summed E-state index contributed by atoms with van der Waals surface area (Å²) < 4.78 is 40.1. The molecule has 0 aliphatic carbocycles. The molecule has 0 N–H and O–H groups in total. The van der Waals surface area contributed by atoms with Crippen LogP contribution in [0.5, 0.6) is 0 Å². The summed E-state index contributed by atoms with van der Waals surface area (Å²) >= 11 is 1.01. The molecule has 1 saturated heterocycles. The Labute approximate surface area is 130 Å². The van der Waals surface area contributed by atoms with Crippen LogP contribution < -0.4 is 0 Å². The summed E-state index contributed by atoms with van der Waals surface area (Å²) in [5, 5.41) is 3.80. The molecule has 22 heavy (non-hydrogen) atoms. The van der Waals surface area contributed by atoms with E-state index in [4.69, 9.17) is 4.52 Å².